The Morgan fingerprint density at radius 3 is 2.57 bits per heavy atom. The first-order chi connectivity index (χ1) is 3.39. The fraction of sp³-hybridized carbons (Fsp3) is 0.800. The van der Waals surface area contributed by atoms with Gasteiger partial charge in [0.2, 0.25) is 0 Å². The van der Waals surface area contributed by atoms with Gasteiger partial charge in [0.25, 0.3) is 0 Å². The zero-order chi connectivity index (χ0) is 5.11. The molecule has 0 saturated carbocycles. The third kappa shape index (κ3) is 1.76. The summed E-state index contributed by atoms with van der Waals surface area (Å²) in [5, 5.41) is 7.24. The first-order valence-corrected chi connectivity index (χ1v) is 5.16. The Morgan fingerprint density at radius 1 is 1.43 bits per heavy atom. The summed E-state index contributed by atoms with van der Waals surface area (Å²) in [6, 6.07) is 0. The van der Waals surface area contributed by atoms with Crippen molar-refractivity contribution in [2.75, 3.05) is 4.43 Å². The second-order valence-electron chi connectivity index (χ2n) is 1.68. The van der Waals surface area contributed by atoms with E-state index < -0.39 is 0 Å². The van der Waals surface area contributed by atoms with Gasteiger partial charge in [-0.1, -0.05) is 0 Å². The van der Waals surface area contributed by atoms with Crippen LogP contribution in [0.3, 0.4) is 0 Å². The number of nitrogens with one attached hydrogen (secondary N) is 1. The number of rotatable bonds is 0. The number of hydrogen-bond acceptors (Lipinski definition) is 1. The Bertz CT molecular complexity index is 72.1. The van der Waals surface area contributed by atoms with E-state index in [0.717, 1.165) is 10.1 Å². The van der Waals surface area contributed by atoms with Gasteiger partial charge in [-0.25, -0.2) is 0 Å². The molecule has 1 fully saturated rings. The van der Waals surface area contributed by atoms with Crippen LogP contribution in [-0.4, -0.2) is 8.15 Å². The summed E-state index contributed by atoms with van der Waals surface area (Å²) >= 11 is 0.235. The fourth-order valence-corrected chi connectivity index (χ4v) is 2.96. The van der Waals surface area contributed by atoms with E-state index in [4.69, 9.17) is 5.41 Å². The van der Waals surface area contributed by atoms with Gasteiger partial charge >= 0.3 is 54.0 Å². The van der Waals surface area contributed by atoms with E-state index in [0.29, 0.717) is 0 Å². The summed E-state index contributed by atoms with van der Waals surface area (Å²) in [5.74, 6) is 0. The first kappa shape index (κ1) is 5.54. The molecule has 1 N–H and O–H groups in total. The maximum atomic E-state index is 7.24. The minimum atomic E-state index is 0.235. The second-order valence-corrected chi connectivity index (χ2v) is 4.83. The van der Waals surface area contributed by atoms with Crippen LogP contribution in [0.25, 0.3) is 0 Å². The van der Waals surface area contributed by atoms with Crippen molar-refractivity contribution >= 4 is 3.72 Å². The van der Waals surface area contributed by atoms with Gasteiger partial charge in [-0.15, -0.1) is 0 Å². The molecule has 2 heteroatoms. The molecule has 0 spiro atoms. The predicted octanol–water partition coefficient (Wildman–Crippen LogP) is -1.76. The molecule has 0 aliphatic carbocycles. The topological polar surface area (TPSA) is 23.9 Å². The summed E-state index contributed by atoms with van der Waals surface area (Å²) in [5.41, 5.74) is 0. The Balaban J connectivity index is 2.25. The molecule has 0 unspecified atom stereocenters. The van der Waals surface area contributed by atoms with E-state index in [2.05, 4.69) is 0 Å². The molecular formula is C5H9IN-. The van der Waals surface area contributed by atoms with Crippen molar-refractivity contribution in [1.82, 2.24) is 0 Å². The maximum absolute atomic E-state index is 7.24. The molecule has 0 atom stereocenters. The molecule has 1 aliphatic heterocycles. The van der Waals surface area contributed by atoms with Crippen molar-refractivity contribution < 1.29 is 21.2 Å². The molecule has 0 amide bonds. The van der Waals surface area contributed by atoms with E-state index in [1.807, 2.05) is 0 Å². The summed E-state index contributed by atoms with van der Waals surface area (Å²) in [4.78, 5) is 0. The third-order valence-electron chi connectivity index (χ3n) is 1.04. The normalized spacial score (nSPS) is 23.7. The molecule has 1 heterocycles. The number of alkyl halides is 1. The van der Waals surface area contributed by atoms with E-state index >= 15 is 0 Å². The monoisotopic (exact) mass is 210 g/mol. The van der Waals surface area contributed by atoms with Crippen LogP contribution in [-0.2, 0) is 0 Å². The molecule has 1 saturated heterocycles. The third-order valence-corrected chi connectivity index (χ3v) is 3.80. The number of hydrogen-bond donors (Lipinski definition) is 1. The van der Waals surface area contributed by atoms with Gasteiger partial charge in [-0.3, -0.25) is 0 Å². The molecule has 42 valence electrons. The molecule has 0 radical (unpaired) electrons. The Kier molecular flexibility index (Phi) is 2.09. The van der Waals surface area contributed by atoms with Gasteiger partial charge < -0.3 is 0 Å². The van der Waals surface area contributed by atoms with E-state index in [-0.39, 0.29) is 21.2 Å². The molecule has 1 nitrogen and oxygen atoms in total. The first-order valence-electron chi connectivity index (χ1n) is 2.56. The van der Waals surface area contributed by atoms with Gasteiger partial charge in [0, 0.05) is 0 Å². The Morgan fingerprint density at radius 2 is 2.29 bits per heavy atom. The quantitative estimate of drug-likeness (QED) is 0.361. The predicted molar refractivity (Wildman–Crippen MR) is 26.4 cm³/mol. The zero-order valence-electron chi connectivity index (χ0n) is 4.21. The van der Waals surface area contributed by atoms with Crippen LogP contribution in [0.2, 0.25) is 0 Å². The zero-order valence-corrected chi connectivity index (χ0v) is 6.36. The van der Waals surface area contributed by atoms with E-state index in [1.54, 1.807) is 0 Å². The summed E-state index contributed by atoms with van der Waals surface area (Å²) < 4.78 is 2.45. The Hall–Kier alpha value is 0.400. The van der Waals surface area contributed by atoms with Gasteiger partial charge in [-0.2, -0.15) is 0 Å². The molecule has 1 rings (SSSR count). The van der Waals surface area contributed by atoms with Crippen molar-refractivity contribution in [3.05, 3.63) is 0 Å². The van der Waals surface area contributed by atoms with Crippen LogP contribution in [0.4, 0.5) is 0 Å². The average Bonchev–Trinajstić information content (AvgIpc) is 1.69. The second kappa shape index (κ2) is 2.64. The molecule has 1 aliphatic rings. The molecule has 0 aromatic heterocycles. The van der Waals surface area contributed by atoms with Gasteiger partial charge in [0.1, 0.15) is 0 Å². The fourth-order valence-electron chi connectivity index (χ4n) is 0.622. The Labute approximate surface area is 54.3 Å². The summed E-state index contributed by atoms with van der Waals surface area (Å²) in [6.45, 7) is 0. The summed E-state index contributed by atoms with van der Waals surface area (Å²) in [7, 11) is 0. The van der Waals surface area contributed by atoms with Crippen molar-refractivity contribution in [1.29, 1.82) is 5.41 Å². The van der Waals surface area contributed by atoms with Crippen LogP contribution in [0, 0.1) is 5.41 Å². The molecule has 0 aromatic carbocycles. The van der Waals surface area contributed by atoms with Gasteiger partial charge in [0.05, 0.1) is 0 Å². The SMILES string of the molecule is N=C1CCCC[I-]1. The molecule has 0 aromatic rings. The van der Waals surface area contributed by atoms with Crippen molar-refractivity contribution in [3.63, 3.8) is 0 Å². The minimum absolute atomic E-state index is 0.235. The van der Waals surface area contributed by atoms with Gasteiger partial charge in [0.15, 0.2) is 0 Å². The standard InChI is InChI=1S/C5H9IN/c7-5-3-1-2-4-6-5/h7H,1-4H2/q-1. The van der Waals surface area contributed by atoms with E-state index in [9.17, 15) is 0 Å². The molecule has 0 bridgehead atoms. The molecular weight excluding hydrogens is 201 g/mol. The van der Waals surface area contributed by atoms with Crippen molar-refractivity contribution in [2.24, 2.45) is 0 Å². The molecule has 7 heavy (non-hydrogen) atoms. The van der Waals surface area contributed by atoms with Crippen LogP contribution >= 0.6 is 0 Å². The van der Waals surface area contributed by atoms with Crippen LogP contribution in [0.5, 0.6) is 0 Å². The average molecular weight is 210 g/mol. The van der Waals surface area contributed by atoms with Crippen LogP contribution in [0.15, 0.2) is 0 Å². The van der Waals surface area contributed by atoms with Crippen LogP contribution < -0.4 is 21.2 Å². The van der Waals surface area contributed by atoms with Crippen molar-refractivity contribution in [2.45, 2.75) is 19.3 Å². The van der Waals surface area contributed by atoms with Crippen LogP contribution in [0.1, 0.15) is 19.3 Å². The number of halogens is 1. The van der Waals surface area contributed by atoms with Gasteiger partial charge in [-0.05, 0) is 0 Å². The van der Waals surface area contributed by atoms with Crippen molar-refractivity contribution in [3.8, 4) is 0 Å². The van der Waals surface area contributed by atoms with E-state index in [1.165, 1.54) is 17.3 Å². The summed E-state index contributed by atoms with van der Waals surface area (Å²) in [6.07, 6.45) is 3.81.